The van der Waals surface area contributed by atoms with Gasteiger partial charge in [-0.3, -0.25) is 9.48 Å². The van der Waals surface area contributed by atoms with E-state index in [1.54, 1.807) is 13.1 Å². The minimum absolute atomic E-state index is 0.555. The molecule has 0 spiro atoms. The van der Waals surface area contributed by atoms with Crippen LogP contribution in [-0.4, -0.2) is 32.9 Å². The number of rotatable bonds is 8. The molecule has 0 fully saturated rings. The van der Waals surface area contributed by atoms with E-state index in [-0.39, 0.29) is 0 Å². The monoisotopic (exact) mass is 287 g/mol. The average molecular weight is 288 g/mol. The second kappa shape index (κ2) is 6.91. The number of nitrogens with one attached hydrogen (secondary N) is 1. The third kappa shape index (κ3) is 4.21. The Balaban J connectivity index is 2.53. The molecule has 1 heterocycles. The Labute approximate surface area is 118 Å². The first-order chi connectivity index (χ1) is 8.90. The second-order valence-corrected chi connectivity index (χ2v) is 5.38. The van der Waals surface area contributed by atoms with Crippen LogP contribution in [-0.2, 0) is 11.3 Å². The average Bonchev–Trinajstić information content (AvgIpc) is 2.68. The van der Waals surface area contributed by atoms with Crippen LogP contribution in [0.5, 0.6) is 0 Å². The van der Waals surface area contributed by atoms with Crippen molar-refractivity contribution in [3.8, 4) is 0 Å². The number of aliphatic carboxylic acids is 1. The number of hydrogen-bond acceptors (Lipinski definition) is 3. The van der Waals surface area contributed by atoms with E-state index in [9.17, 15) is 9.90 Å². The number of carbonyl (C=O) groups is 1. The van der Waals surface area contributed by atoms with Gasteiger partial charge in [0.25, 0.3) is 0 Å². The second-order valence-electron chi connectivity index (χ2n) is 4.97. The van der Waals surface area contributed by atoms with E-state index in [0.29, 0.717) is 24.5 Å². The molecule has 0 aliphatic carbocycles. The maximum atomic E-state index is 11.3. The molecule has 0 aliphatic rings. The van der Waals surface area contributed by atoms with Crippen molar-refractivity contribution >= 4 is 17.6 Å². The molecule has 2 N–H and O–H groups in total. The molecule has 0 saturated heterocycles. The van der Waals surface area contributed by atoms with Crippen molar-refractivity contribution in [3.63, 3.8) is 0 Å². The minimum atomic E-state index is -0.874. The molecule has 1 aromatic rings. The van der Waals surface area contributed by atoms with Gasteiger partial charge in [-0.15, -0.1) is 0 Å². The lowest BCUT2D eigenvalue weighted by Gasteiger charge is -2.26. The minimum Gasteiger partial charge on any atom is -0.480 e. The quantitative estimate of drug-likeness (QED) is 0.771. The van der Waals surface area contributed by atoms with Gasteiger partial charge < -0.3 is 10.4 Å². The first-order valence-electron chi connectivity index (χ1n) is 6.57. The van der Waals surface area contributed by atoms with Gasteiger partial charge in [0.1, 0.15) is 5.54 Å². The van der Waals surface area contributed by atoms with E-state index in [2.05, 4.69) is 10.4 Å². The molecule has 6 heteroatoms. The Kier molecular flexibility index (Phi) is 5.82. The van der Waals surface area contributed by atoms with E-state index in [0.717, 1.165) is 18.5 Å². The Morgan fingerprint density at radius 3 is 2.79 bits per heavy atom. The zero-order chi connectivity index (χ0) is 14.5. The molecule has 1 atom stereocenters. The predicted molar refractivity (Wildman–Crippen MR) is 75.5 cm³/mol. The highest BCUT2D eigenvalue weighted by Gasteiger charge is 2.31. The summed E-state index contributed by atoms with van der Waals surface area (Å²) in [5, 5.41) is 17.2. The first kappa shape index (κ1) is 16.0. The predicted octanol–water partition coefficient (Wildman–Crippen LogP) is 2.47. The Morgan fingerprint density at radius 2 is 2.32 bits per heavy atom. The summed E-state index contributed by atoms with van der Waals surface area (Å²) in [4.78, 5) is 11.3. The van der Waals surface area contributed by atoms with Crippen molar-refractivity contribution in [2.75, 3.05) is 6.54 Å². The zero-order valence-electron chi connectivity index (χ0n) is 11.7. The van der Waals surface area contributed by atoms with Gasteiger partial charge in [-0.1, -0.05) is 18.5 Å². The fourth-order valence-corrected chi connectivity index (χ4v) is 2.04. The molecule has 0 bridgehead atoms. The molecule has 1 rings (SSSR count). The standard InChI is InChI=1S/C13H22ClN3O2/c1-4-7-15-13(3,12(18)19)6-5-8-17-10(2)11(14)9-16-17/h9,15H,4-8H2,1-3H3,(H,18,19). The SMILES string of the molecule is CCCNC(C)(CCCn1ncc(Cl)c1C)C(=O)O. The summed E-state index contributed by atoms with van der Waals surface area (Å²) in [6.07, 6.45) is 3.82. The van der Waals surface area contributed by atoms with E-state index in [1.165, 1.54) is 0 Å². The summed E-state index contributed by atoms with van der Waals surface area (Å²) in [7, 11) is 0. The third-order valence-corrected chi connectivity index (χ3v) is 3.70. The van der Waals surface area contributed by atoms with Gasteiger partial charge in [-0.05, 0) is 39.7 Å². The molecule has 5 nitrogen and oxygen atoms in total. The van der Waals surface area contributed by atoms with Crippen molar-refractivity contribution in [2.45, 2.75) is 52.1 Å². The molecule has 108 valence electrons. The van der Waals surface area contributed by atoms with Crippen molar-refractivity contribution in [3.05, 3.63) is 16.9 Å². The number of halogens is 1. The summed E-state index contributed by atoms with van der Waals surface area (Å²) in [5.41, 5.74) is 0.0427. The summed E-state index contributed by atoms with van der Waals surface area (Å²) in [5.74, 6) is -0.809. The topological polar surface area (TPSA) is 67.2 Å². The van der Waals surface area contributed by atoms with Gasteiger partial charge in [-0.25, -0.2) is 0 Å². The molecular formula is C13H22ClN3O2. The number of nitrogens with zero attached hydrogens (tertiary/aromatic N) is 2. The van der Waals surface area contributed by atoms with Crippen LogP contribution >= 0.6 is 11.6 Å². The van der Waals surface area contributed by atoms with Gasteiger partial charge in [0.15, 0.2) is 0 Å². The summed E-state index contributed by atoms with van der Waals surface area (Å²) in [6.45, 7) is 7.03. The van der Waals surface area contributed by atoms with Gasteiger partial charge in [0.05, 0.1) is 16.9 Å². The summed E-state index contributed by atoms with van der Waals surface area (Å²) in [6, 6.07) is 0. The van der Waals surface area contributed by atoms with Crippen LogP contribution in [0.4, 0.5) is 0 Å². The number of carboxylic acids is 1. The maximum Gasteiger partial charge on any atom is 0.323 e. The molecule has 0 aliphatic heterocycles. The van der Waals surface area contributed by atoms with Gasteiger partial charge >= 0.3 is 5.97 Å². The maximum absolute atomic E-state index is 11.3. The lowest BCUT2D eigenvalue weighted by atomic mass is 9.95. The van der Waals surface area contributed by atoms with E-state index >= 15 is 0 Å². The molecule has 1 aromatic heterocycles. The van der Waals surface area contributed by atoms with Crippen LogP contribution in [0.25, 0.3) is 0 Å². The third-order valence-electron chi connectivity index (χ3n) is 3.33. The highest BCUT2D eigenvalue weighted by Crippen LogP contribution is 2.17. The van der Waals surface area contributed by atoms with Gasteiger partial charge in [-0.2, -0.15) is 5.10 Å². The molecule has 0 saturated carbocycles. The fourth-order valence-electron chi connectivity index (χ4n) is 1.90. The van der Waals surface area contributed by atoms with Crippen molar-refractivity contribution in [1.29, 1.82) is 0 Å². The smallest absolute Gasteiger partial charge is 0.323 e. The Morgan fingerprint density at radius 1 is 1.63 bits per heavy atom. The normalized spacial score (nSPS) is 14.3. The molecular weight excluding hydrogens is 266 g/mol. The van der Waals surface area contributed by atoms with Crippen molar-refractivity contribution in [1.82, 2.24) is 15.1 Å². The molecule has 1 unspecified atom stereocenters. The van der Waals surface area contributed by atoms with Crippen LogP contribution in [0.3, 0.4) is 0 Å². The van der Waals surface area contributed by atoms with Crippen LogP contribution in [0.1, 0.15) is 38.8 Å². The first-order valence-corrected chi connectivity index (χ1v) is 6.95. The highest BCUT2D eigenvalue weighted by atomic mass is 35.5. The molecule has 0 amide bonds. The zero-order valence-corrected chi connectivity index (χ0v) is 12.5. The van der Waals surface area contributed by atoms with Crippen LogP contribution in [0.2, 0.25) is 5.02 Å². The number of carboxylic acid groups (broad SMARTS) is 1. The fraction of sp³-hybridized carbons (Fsp3) is 0.692. The van der Waals surface area contributed by atoms with E-state index < -0.39 is 11.5 Å². The summed E-state index contributed by atoms with van der Waals surface area (Å²) < 4.78 is 1.81. The largest absolute Gasteiger partial charge is 0.480 e. The Hall–Kier alpha value is -1.07. The number of aromatic nitrogens is 2. The van der Waals surface area contributed by atoms with Crippen LogP contribution in [0.15, 0.2) is 6.20 Å². The van der Waals surface area contributed by atoms with Crippen LogP contribution < -0.4 is 5.32 Å². The van der Waals surface area contributed by atoms with E-state index in [1.807, 2.05) is 18.5 Å². The van der Waals surface area contributed by atoms with Crippen molar-refractivity contribution < 1.29 is 9.90 Å². The lowest BCUT2D eigenvalue weighted by molar-refractivity contribution is -0.144. The van der Waals surface area contributed by atoms with E-state index in [4.69, 9.17) is 11.6 Å². The molecule has 0 aromatic carbocycles. The van der Waals surface area contributed by atoms with Crippen LogP contribution in [0, 0.1) is 6.92 Å². The van der Waals surface area contributed by atoms with Gasteiger partial charge in [0.2, 0.25) is 0 Å². The summed E-state index contributed by atoms with van der Waals surface area (Å²) >= 11 is 5.93. The number of hydrogen-bond donors (Lipinski definition) is 2. The highest BCUT2D eigenvalue weighted by molar-refractivity contribution is 6.31. The van der Waals surface area contributed by atoms with Gasteiger partial charge in [0, 0.05) is 6.54 Å². The molecule has 0 radical (unpaired) electrons. The number of aryl methyl sites for hydroxylation is 1. The van der Waals surface area contributed by atoms with Crippen molar-refractivity contribution in [2.24, 2.45) is 0 Å². The molecule has 19 heavy (non-hydrogen) atoms. The lowest BCUT2D eigenvalue weighted by Crippen LogP contribution is -2.49. The Bertz CT molecular complexity index is 434.